The van der Waals surface area contributed by atoms with Crippen LogP contribution in [-0.4, -0.2) is 48.7 Å². The lowest BCUT2D eigenvalue weighted by molar-refractivity contribution is 0.191. The van der Waals surface area contributed by atoms with Crippen LogP contribution in [-0.2, 0) is 6.54 Å². The van der Waals surface area contributed by atoms with Gasteiger partial charge in [-0.05, 0) is 51.7 Å². The zero-order valence-electron chi connectivity index (χ0n) is 13.8. The van der Waals surface area contributed by atoms with Crippen LogP contribution in [0.25, 0.3) is 0 Å². The summed E-state index contributed by atoms with van der Waals surface area (Å²) in [6.45, 7) is 10.4. The van der Waals surface area contributed by atoms with Gasteiger partial charge in [-0.1, -0.05) is 12.1 Å². The third kappa shape index (κ3) is 6.05. The summed E-state index contributed by atoms with van der Waals surface area (Å²) in [6, 6.07) is 1.84. The van der Waals surface area contributed by atoms with Crippen molar-refractivity contribution < 1.29 is 4.52 Å². The number of piperidine rings is 1. The molecule has 22 heavy (non-hydrogen) atoms. The number of nitrogens with zero attached hydrogens (tertiary/aromatic N) is 3. The second-order valence-electron chi connectivity index (χ2n) is 5.99. The van der Waals surface area contributed by atoms with Gasteiger partial charge in [-0.2, -0.15) is 0 Å². The minimum Gasteiger partial charge on any atom is -0.364 e. The van der Waals surface area contributed by atoms with Gasteiger partial charge in [0.2, 0.25) is 0 Å². The maximum Gasteiger partial charge on any atom is 0.191 e. The maximum absolute atomic E-state index is 4.81. The summed E-state index contributed by atoms with van der Waals surface area (Å²) < 4.78 is 4.81. The molecule has 1 aliphatic rings. The Morgan fingerprint density at radius 1 is 1.41 bits per heavy atom. The number of rotatable bonds is 7. The number of aliphatic imine (C=N–C) groups is 1. The van der Waals surface area contributed by atoms with Gasteiger partial charge in [-0.15, -0.1) is 0 Å². The molecule has 1 aromatic heterocycles. The van der Waals surface area contributed by atoms with E-state index in [4.69, 9.17) is 4.52 Å². The van der Waals surface area contributed by atoms with E-state index in [9.17, 15) is 0 Å². The molecular formula is C16H29N5O. The molecule has 0 atom stereocenters. The van der Waals surface area contributed by atoms with E-state index in [0.29, 0.717) is 6.54 Å². The molecule has 1 aliphatic heterocycles. The summed E-state index contributed by atoms with van der Waals surface area (Å²) in [6.07, 6.45) is 5.40. The van der Waals surface area contributed by atoms with Crippen LogP contribution in [0.15, 0.2) is 21.8 Å². The molecule has 0 aliphatic carbocycles. The van der Waals surface area contributed by atoms with Gasteiger partial charge in [0.15, 0.2) is 5.96 Å². The van der Waals surface area contributed by atoms with E-state index in [1.165, 1.54) is 32.5 Å². The molecule has 0 radical (unpaired) electrons. The molecule has 2 rings (SSSR count). The minimum absolute atomic E-state index is 0.538. The molecule has 1 saturated heterocycles. The van der Waals surface area contributed by atoms with Gasteiger partial charge in [0.25, 0.3) is 0 Å². The monoisotopic (exact) mass is 307 g/mol. The molecule has 1 fully saturated rings. The van der Waals surface area contributed by atoms with E-state index >= 15 is 0 Å². The van der Waals surface area contributed by atoms with Crippen molar-refractivity contribution in [1.82, 2.24) is 20.7 Å². The summed E-state index contributed by atoms with van der Waals surface area (Å²) >= 11 is 0. The first-order valence-corrected chi connectivity index (χ1v) is 8.41. The molecule has 2 N–H and O–H groups in total. The lowest BCUT2D eigenvalue weighted by atomic mass is 9.99. The zero-order chi connectivity index (χ0) is 15.6. The molecule has 6 heteroatoms. The summed E-state index contributed by atoms with van der Waals surface area (Å²) in [7, 11) is 0. The zero-order valence-corrected chi connectivity index (χ0v) is 13.8. The lowest BCUT2D eigenvalue weighted by Crippen LogP contribution is -2.39. The molecule has 0 aromatic carbocycles. The standard InChI is InChI=1S/C16H29N5O/c1-3-17-16(19-13-15-7-12-22-20-15)18-8-4-9-21-10-5-14(2)6-11-21/h7,12,14H,3-6,8-11,13H2,1-2H3,(H2,17,18,19). The maximum atomic E-state index is 4.81. The lowest BCUT2D eigenvalue weighted by Gasteiger charge is -2.30. The van der Waals surface area contributed by atoms with Crippen molar-refractivity contribution >= 4 is 5.96 Å². The van der Waals surface area contributed by atoms with Gasteiger partial charge in [0, 0.05) is 19.2 Å². The Morgan fingerprint density at radius 2 is 2.23 bits per heavy atom. The average molecular weight is 307 g/mol. The predicted octanol–water partition coefficient (Wildman–Crippen LogP) is 1.85. The Hall–Kier alpha value is -1.56. The highest BCUT2D eigenvalue weighted by Gasteiger charge is 2.14. The van der Waals surface area contributed by atoms with E-state index in [1.807, 2.05) is 6.07 Å². The Labute approximate surface area is 133 Å². The van der Waals surface area contributed by atoms with E-state index < -0.39 is 0 Å². The van der Waals surface area contributed by atoms with Gasteiger partial charge in [-0.25, -0.2) is 4.99 Å². The number of likely N-dealkylation sites (tertiary alicyclic amines) is 1. The summed E-state index contributed by atoms with van der Waals surface area (Å²) in [4.78, 5) is 7.08. The highest BCUT2D eigenvalue weighted by molar-refractivity contribution is 5.79. The smallest absolute Gasteiger partial charge is 0.191 e. The summed E-state index contributed by atoms with van der Waals surface area (Å²) in [5, 5.41) is 10.5. The summed E-state index contributed by atoms with van der Waals surface area (Å²) in [5.41, 5.74) is 0.847. The second-order valence-corrected chi connectivity index (χ2v) is 5.99. The van der Waals surface area contributed by atoms with E-state index in [2.05, 4.69) is 39.5 Å². The molecule has 0 saturated carbocycles. The minimum atomic E-state index is 0.538. The topological polar surface area (TPSA) is 65.7 Å². The van der Waals surface area contributed by atoms with Crippen molar-refractivity contribution in [2.75, 3.05) is 32.7 Å². The third-order valence-electron chi connectivity index (χ3n) is 4.05. The van der Waals surface area contributed by atoms with Crippen LogP contribution in [0.2, 0.25) is 0 Å². The SMILES string of the molecule is CCNC(=NCc1ccon1)NCCCN1CCC(C)CC1. The molecule has 0 spiro atoms. The molecular weight excluding hydrogens is 278 g/mol. The highest BCUT2D eigenvalue weighted by atomic mass is 16.5. The van der Waals surface area contributed by atoms with Gasteiger partial charge in [0.1, 0.15) is 12.0 Å². The molecule has 1 aromatic rings. The van der Waals surface area contributed by atoms with Crippen LogP contribution in [0.1, 0.15) is 38.8 Å². The van der Waals surface area contributed by atoms with Gasteiger partial charge in [0.05, 0.1) is 6.54 Å². The third-order valence-corrected chi connectivity index (χ3v) is 4.05. The molecule has 0 bridgehead atoms. The van der Waals surface area contributed by atoms with Gasteiger partial charge in [-0.3, -0.25) is 0 Å². The van der Waals surface area contributed by atoms with Crippen LogP contribution in [0.3, 0.4) is 0 Å². The van der Waals surface area contributed by atoms with Crippen molar-refractivity contribution in [2.24, 2.45) is 10.9 Å². The van der Waals surface area contributed by atoms with Crippen molar-refractivity contribution in [3.05, 3.63) is 18.0 Å². The largest absolute Gasteiger partial charge is 0.364 e. The Kier molecular flexibility index (Phi) is 7.22. The fourth-order valence-electron chi connectivity index (χ4n) is 2.62. The predicted molar refractivity (Wildman–Crippen MR) is 88.8 cm³/mol. The Balaban J connectivity index is 1.64. The fraction of sp³-hybridized carbons (Fsp3) is 0.750. The van der Waals surface area contributed by atoms with Gasteiger partial charge >= 0.3 is 0 Å². The van der Waals surface area contributed by atoms with Gasteiger partial charge < -0.3 is 20.1 Å². The molecule has 0 unspecified atom stereocenters. The molecule has 6 nitrogen and oxygen atoms in total. The first-order valence-electron chi connectivity index (χ1n) is 8.41. The van der Waals surface area contributed by atoms with E-state index in [-0.39, 0.29) is 0 Å². The van der Waals surface area contributed by atoms with Crippen LogP contribution >= 0.6 is 0 Å². The Bertz CT molecular complexity index is 424. The van der Waals surface area contributed by atoms with E-state index in [1.54, 1.807) is 6.26 Å². The highest BCUT2D eigenvalue weighted by Crippen LogP contribution is 2.15. The number of hydrogen-bond donors (Lipinski definition) is 2. The number of nitrogens with one attached hydrogen (secondary N) is 2. The van der Waals surface area contributed by atoms with Crippen LogP contribution in [0.4, 0.5) is 0 Å². The summed E-state index contributed by atoms with van der Waals surface area (Å²) in [5.74, 6) is 1.75. The van der Waals surface area contributed by atoms with Crippen molar-refractivity contribution in [1.29, 1.82) is 0 Å². The van der Waals surface area contributed by atoms with Crippen LogP contribution in [0.5, 0.6) is 0 Å². The second kappa shape index (κ2) is 9.46. The molecule has 0 amide bonds. The van der Waals surface area contributed by atoms with Crippen LogP contribution in [0, 0.1) is 5.92 Å². The Morgan fingerprint density at radius 3 is 2.91 bits per heavy atom. The number of hydrogen-bond acceptors (Lipinski definition) is 4. The van der Waals surface area contributed by atoms with Crippen molar-refractivity contribution in [3.8, 4) is 0 Å². The normalized spacial score (nSPS) is 17.6. The fourth-order valence-corrected chi connectivity index (χ4v) is 2.62. The number of guanidine groups is 1. The quantitative estimate of drug-likeness (QED) is 0.457. The average Bonchev–Trinajstić information content (AvgIpc) is 3.04. The molecule has 124 valence electrons. The first-order chi connectivity index (χ1) is 10.8. The van der Waals surface area contributed by atoms with Crippen LogP contribution < -0.4 is 10.6 Å². The van der Waals surface area contributed by atoms with Crippen molar-refractivity contribution in [2.45, 2.75) is 39.7 Å². The first kappa shape index (κ1) is 16.8. The number of aromatic nitrogens is 1. The van der Waals surface area contributed by atoms with E-state index in [0.717, 1.165) is 37.1 Å². The van der Waals surface area contributed by atoms with Crippen molar-refractivity contribution in [3.63, 3.8) is 0 Å². The molecule has 2 heterocycles.